The minimum absolute atomic E-state index is 0.295. The fourth-order valence-corrected chi connectivity index (χ4v) is 3.79. The molecule has 134 valence electrons. The molecule has 8 heteroatoms. The highest BCUT2D eigenvalue weighted by atomic mass is 32.1. The molecular weight excluding hydrogens is 372 g/mol. The van der Waals surface area contributed by atoms with Gasteiger partial charge in [0.1, 0.15) is 21.5 Å². The van der Waals surface area contributed by atoms with E-state index in [9.17, 15) is 9.59 Å². The van der Waals surface area contributed by atoms with E-state index in [2.05, 4.69) is 10.3 Å². The maximum absolute atomic E-state index is 12.4. The van der Waals surface area contributed by atoms with Crippen molar-refractivity contribution in [2.75, 3.05) is 19.0 Å². The average molecular weight is 388 g/mol. The van der Waals surface area contributed by atoms with Crippen LogP contribution in [0.4, 0.5) is 5.00 Å². The molecule has 0 saturated carbocycles. The SMILES string of the molecule is CCOc1ccc(-c2nc(C(=O)Nc3sccc3C(=O)OC)cs2)cc1. The Morgan fingerprint density at radius 3 is 2.62 bits per heavy atom. The lowest BCUT2D eigenvalue weighted by Gasteiger charge is -2.04. The number of esters is 1. The zero-order valence-corrected chi connectivity index (χ0v) is 15.8. The molecule has 2 aromatic heterocycles. The smallest absolute Gasteiger partial charge is 0.340 e. The number of rotatable bonds is 6. The van der Waals surface area contributed by atoms with Crippen molar-refractivity contribution in [1.29, 1.82) is 0 Å². The summed E-state index contributed by atoms with van der Waals surface area (Å²) in [5.74, 6) is -0.0697. The Kier molecular flexibility index (Phi) is 5.65. The lowest BCUT2D eigenvalue weighted by molar-refractivity contribution is 0.0602. The van der Waals surface area contributed by atoms with Crippen molar-refractivity contribution in [3.05, 3.63) is 52.3 Å². The maximum Gasteiger partial charge on any atom is 0.340 e. The quantitative estimate of drug-likeness (QED) is 0.637. The number of benzene rings is 1. The molecule has 3 rings (SSSR count). The van der Waals surface area contributed by atoms with E-state index in [0.717, 1.165) is 16.3 Å². The number of methoxy groups -OCH3 is 1. The number of thiazole rings is 1. The Morgan fingerprint density at radius 2 is 1.92 bits per heavy atom. The van der Waals surface area contributed by atoms with E-state index in [1.807, 2.05) is 31.2 Å². The number of thiophene rings is 1. The molecule has 26 heavy (non-hydrogen) atoms. The summed E-state index contributed by atoms with van der Waals surface area (Å²) in [6.07, 6.45) is 0. The molecule has 1 aromatic carbocycles. The van der Waals surface area contributed by atoms with Crippen LogP contribution in [-0.2, 0) is 4.74 Å². The van der Waals surface area contributed by atoms with E-state index >= 15 is 0 Å². The molecule has 0 atom stereocenters. The minimum Gasteiger partial charge on any atom is -0.494 e. The van der Waals surface area contributed by atoms with Gasteiger partial charge in [0.25, 0.3) is 5.91 Å². The molecule has 0 spiro atoms. The molecule has 3 aromatic rings. The number of ether oxygens (including phenoxy) is 2. The van der Waals surface area contributed by atoms with Crippen LogP contribution >= 0.6 is 22.7 Å². The van der Waals surface area contributed by atoms with E-state index in [-0.39, 0.29) is 5.91 Å². The van der Waals surface area contributed by atoms with Crippen molar-refractivity contribution in [3.63, 3.8) is 0 Å². The zero-order valence-electron chi connectivity index (χ0n) is 14.1. The van der Waals surface area contributed by atoms with Gasteiger partial charge in [-0.25, -0.2) is 9.78 Å². The molecule has 0 unspecified atom stereocenters. The Bertz CT molecular complexity index is 915. The van der Waals surface area contributed by atoms with E-state index < -0.39 is 5.97 Å². The van der Waals surface area contributed by atoms with Crippen molar-refractivity contribution in [1.82, 2.24) is 4.98 Å². The molecule has 0 aliphatic carbocycles. The molecule has 0 aliphatic heterocycles. The number of hydrogen-bond donors (Lipinski definition) is 1. The van der Waals surface area contributed by atoms with Crippen LogP contribution in [0.1, 0.15) is 27.8 Å². The van der Waals surface area contributed by atoms with Crippen LogP contribution in [0.3, 0.4) is 0 Å². The van der Waals surface area contributed by atoms with E-state index in [1.165, 1.54) is 29.8 Å². The first kappa shape index (κ1) is 18.1. The summed E-state index contributed by atoms with van der Waals surface area (Å²) in [5, 5.41) is 7.30. The monoisotopic (exact) mass is 388 g/mol. The molecule has 2 heterocycles. The van der Waals surface area contributed by atoms with E-state index in [1.54, 1.807) is 16.8 Å². The Labute approximate surface area is 158 Å². The Balaban J connectivity index is 1.74. The van der Waals surface area contributed by atoms with Crippen molar-refractivity contribution in [2.24, 2.45) is 0 Å². The highest BCUT2D eigenvalue weighted by molar-refractivity contribution is 7.15. The van der Waals surface area contributed by atoms with Gasteiger partial charge in [-0.3, -0.25) is 4.79 Å². The lowest BCUT2D eigenvalue weighted by Crippen LogP contribution is -2.14. The van der Waals surface area contributed by atoms with Gasteiger partial charge in [-0.2, -0.15) is 0 Å². The third-order valence-electron chi connectivity index (χ3n) is 3.45. The molecule has 1 N–H and O–H groups in total. The standard InChI is InChI=1S/C18H16N2O4S2/c1-3-24-12-6-4-11(5-7-12)16-19-14(10-26-16)15(21)20-17-13(8-9-25-17)18(22)23-2/h4-10H,3H2,1-2H3,(H,20,21). The normalized spacial score (nSPS) is 10.4. The number of amides is 1. The third kappa shape index (κ3) is 3.92. The minimum atomic E-state index is -0.491. The van der Waals surface area contributed by atoms with Gasteiger partial charge in [0.05, 0.1) is 19.3 Å². The lowest BCUT2D eigenvalue weighted by atomic mass is 10.2. The van der Waals surface area contributed by atoms with Gasteiger partial charge < -0.3 is 14.8 Å². The summed E-state index contributed by atoms with van der Waals surface area (Å²) in [7, 11) is 1.30. The molecule has 1 amide bonds. The van der Waals surface area contributed by atoms with Crippen molar-refractivity contribution in [3.8, 4) is 16.3 Å². The van der Waals surface area contributed by atoms with E-state index in [4.69, 9.17) is 9.47 Å². The van der Waals surface area contributed by atoms with Crippen LogP contribution in [-0.4, -0.2) is 30.6 Å². The van der Waals surface area contributed by atoms with Crippen LogP contribution in [0.5, 0.6) is 5.75 Å². The third-order valence-corrected chi connectivity index (χ3v) is 5.17. The summed E-state index contributed by atoms with van der Waals surface area (Å²) in [6.45, 7) is 2.54. The first-order valence-corrected chi connectivity index (χ1v) is 9.54. The zero-order chi connectivity index (χ0) is 18.5. The second kappa shape index (κ2) is 8.11. The summed E-state index contributed by atoms with van der Waals surface area (Å²) in [4.78, 5) is 28.5. The molecule has 0 saturated heterocycles. The van der Waals surface area contributed by atoms with Gasteiger partial charge in [0.15, 0.2) is 0 Å². The highest BCUT2D eigenvalue weighted by Crippen LogP contribution is 2.28. The van der Waals surface area contributed by atoms with Crippen LogP contribution in [0.15, 0.2) is 41.1 Å². The molecule has 0 fully saturated rings. The van der Waals surface area contributed by atoms with Crippen LogP contribution in [0.2, 0.25) is 0 Å². The fraction of sp³-hybridized carbons (Fsp3) is 0.167. The first-order valence-electron chi connectivity index (χ1n) is 7.78. The Hall–Kier alpha value is -2.71. The van der Waals surface area contributed by atoms with Crippen molar-refractivity contribution >= 4 is 39.6 Å². The van der Waals surface area contributed by atoms with Crippen molar-refractivity contribution < 1.29 is 19.1 Å². The summed E-state index contributed by atoms with van der Waals surface area (Å²) < 4.78 is 10.1. The van der Waals surface area contributed by atoms with Crippen LogP contribution < -0.4 is 10.1 Å². The second-order valence-electron chi connectivity index (χ2n) is 5.10. The summed E-state index contributed by atoms with van der Waals surface area (Å²) >= 11 is 2.63. The average Bonchev–Trinajstić information content (AvgIpc) is 3.31. The molecular formula is C18H16N2O4S2. The second-order valence-corrected chi connectivity index (χ2v) is 6.88. The van der Waals surface area contributed by atoms with Gasteiger partial charge in [-0.1, -0.05) is 0 Å². The fourth-order valence-electron chi connectivity index (χ4n) is 2.21. The summed E-state index contributed by atoms with van der Waals surface area (Å²) in [6, 6.07) is 9.15. The van der Waals surface area contributed by atoms with Crippen molar-refractivity contribution in [2.45, 2.75) is 6.92 Å². The van der Waals surface area contributed by atoms with Crippen LogP contribution in [0.25, 0.3) is 10.6 Å². The summed E-state index contributed by atoms with van der Waals surface area (Å²) in [5.41, 5.74) is 1.53. The van der Waals surface area contributed by atoms with Gasteiger partial charge in [0.2, 0.25) is 0 Å². The number of carbonyl (C=O) groups is 2. The van der Waals surface area contributed by atoms with E-state index in [0.29, 0.717) is 22.9 Å². The number of carbonyl (C=O) groups excluding carboxylic acids is 2. The maximum atomic E-state index is 12.4. The topological polar surface area (TPSA) is 77.5 Å². The molecule has 0 radical (unpaired) electrons. The Morgan fingerprint density at radius 1 is 1.15 bits per heavy atom. The largest absolute Gasteiger partial charge is 0.494 e. The number of aromatic nitrogens is 1. The molecule has 6 nitrogen and oxygen atoms in total. The van der Waals surface area contributed by atoms with Crippen LogP contribution in [0, 0.1) is 0 Å². The predicted octanol–water partition coefficient (Wildman–Crippen LogP) is 4.31. The number of nitrogens with zero attached hydrogens (tertiary/aromatic N) is 1. The van der Waals surface area contributed by atoms with Gasteiger partial charge in [-0.15, -0.1) is 22.7 Å². The predicted molar refractivity (Wildman–Crippen MR) is 102 cm³/mol. The number of nitrogens with one attached hydrogen (secondary N) is 1. The van der Waals surface area contributed by atoms with Gasteiger partial charge in [0, 0.05) is 10.9 Å². The highest BCUT2D eigenvalue weighted by Gasteiger charge is 2.18. The number of hydrogen-bond acceptors (Lipinski definition) is 7. The van der Waals surface area contributed by atoms with Gasteiger partial charge in [-0.05, 0) is 42.6 Å². The molecule has 0 aliphatic rings. The first-order chi connectivity index (χ1) is 12.6. The molecule has 0 bridgehead atoms. The van der Waals surface area contributed by atoms with Gasteiger partial charge >= 0.3 is 5.97 Å². The number of anilines is 1.